The van der Waals surface area contributed by atoms with Crippen LogP contribution in [0.25, 0.3) is 0 Å². The number of ether oxygens (including phenoxy) is 1. The van der Waals surface area contributed by atoms with E-state index in [2.05, 4.69) is 5.32 Å². The van der Waals surface area contributed by atoms with Gasteiger partial charge in [-0.05, 0) is 54.1 Å². The Morgan fingerprint density at radius 2 is 1.25 bits per heavy atom. The van der Waals surface area contributed by atoms with E-state index in [0.29, 0.717) is 34.7 Å². The Morgan fingerprint density at radius 3 is 1.89 bits per heavy atom. The maximum atomic E-state index is 13.2. The van der Waals surface area contributed by atoms with Gasteiger partial charge in [-0.2, -0.15) is 0 Å². The second-order valence-corrected chi connectivity index (χ2v) is 10.1. The van der Waals surface area contributed by atoms with Crippen molar-refractivity contribution in [2.24, 2.45) is 0 Å². The molecule has 0 aliphatic carbocycles. The lowest BCUT2D eigenvalue weighted by atomic mass is 10.00. The van der Waals surface area contributed by atoms with E-state index in [-0.39, 0.29) is 24.7 Å². The summed E-state index contributed by atoms with van der Waals surface area (Å²) in [5.41, 5.74) is 3.55. The number of benzene rings is 5. The Labute approximate surface area is 256 Å². The normalized spacial score (nSPS) is 11.3. The van der Waals surface area contributed by atoms with E-state index in [1.54, 1.807) is 77.7 Å². The number of nitrogens with zero attached hydrogens (tertiary/aromatic N) is 1. The number of hydrogen-bond donors (Lipinski definition) is 2. The summed E-state index contributed by atoms with van der Waals surface area (Å²) in [6, 6.07) is 40.6. The molecule has 0 radical (unpaired) electrons. The number of amides is 1. The van der Waals surface area contributed by atoms with Crippen LogP contribution in [0.15, 0.2) is 140 Å². The molecule has 0 aliphatic heterocycles. The fraction of sp³-hybridized carbons (Fsp3) is 0.108. The first-order chi connectivity index (χ1) is 21.5. The first kappa shape index (κ1) is 29.8. The van der Waals surface area contributed by atoms with E-state index < -0.39 is 12.0 Å². The Balaban J connectivity index is 1.22. The van der Waals surface area contributed by atoms with Gasteiger partial charge < -0.3 is 20.1 Å². The molecular formula is C37H32N2O5. The molecule has 5 aromatic rings. The molecule has 0 bridgehead atoms. The predicted molar refractivity (Wildman–Crippen MR) is 172 cm³/mol. The van der Waals surface area contributed by atoms with Crippen LogP contribution in [0.1, 0.15) is 31.8 Å². The number of nitrogens with one attached hydrogen (secondary N) is 1. The highest BCUT2D eigenvalue weighted by molar-refractivity contribution is 6.12. The monoisotopic (exact) mass is 584 g/mol. The van der Waals surface area contributed by atoms with Crippen LogP contribution in [0.3, 0.4) is 0 Å². The zero-order valence-electron chi connectivity index (χ0n) is 24.0. The van der Waals surface area contributed by atoms with Crippen molar-refractivity contribution in [3.8, 4) is 5.75 Å². The van der Waals surface area contributed by atoms with Crippen molar-refractivity contribution in [2.75, 3.05) is 23.4 Å². The highest BCUT2D eigenvalue weighted by atomic mass is 16.5. The molecule has 0 aromatic heterocycles. The predicted octanol–water partition coefficient (Wildman–Crippen LogP) is 6.75. The molecule has 1 amide bonds. The van der Waals surface area contributed by atoms with Crippen LogP contribution in [0.4, 0.5) is 11.4 Å². The molecule has 7 nitrogen and oxygen atoms in total. The average molecular weight is 585 g/mol. The van der Waals surface area contributed by atoms with Crippen molar-refractivity contribution in [3.05, 3.63) is 162 Å². The van der Waals surface area contributed by atoms with Gasteiger partial charge in [0.15, 0.2) is 5.78 Å². The number of carbonyl (C=O) groups is 3. The number of anilines is 2. The molecule has 0 saturated carbocycles. The third-order valence-corrected chi connectivity index (χ3v) is 7.12. The van der Waals surface area contributed by atoms with Crippen molar-refractivity contribution in [1.82, 2.24) is 0 Å². The molecule has 0 fully saturated rings. The Kier molecular flexibility index (Phi) is 9.80. The van der Waals surface area contributed by atoms with Gasteiger partial charge in [-0.1, -0.05) is 91.0 Å². The third-order valence-electron chi connectivity index (χ3n) is 7.12. The van der Waals surface area contributed by atoms with Crippen LogP contribution in [0.2, 0.25) is 0 Å². The first-order valence-corrected chi connectivity index (χ1v) is 14.3. The van der Waals surface area contributed by atoms with Gasteiger partial charge in [0.1, 0.15) is 18.4 Å². The van der Waals surface area contributed by atoms with E-state index in [0.717, 1.165) is 11.3 Å². The quantitative estimate of drug-likeness (QED) is 0.149. The lowest BCUT2D eigenvalue weighted by molar-refractivity contribution is -0.137. The molecular weight excluding hydrogens is 552 g/mol. The van der Waals surface area contributed by atoms with Crippen molar-refractivity contribution in [3.63, 3.8) is 0 Å². The topological polar surface area (TPSA) is 95.9 Å². The summed E-state index contributed by atoms with van der Waals surface area (Å²) in [6.07, 6.45) is 0.191. The van der Waals surface area contributed by atoms with Crippen molar-refractivity contribution < 1.29 is 24.2 Å². The van der Waals surface area contributed by atoms with Crippen LogP contribution >= 0.6 is 0 Å². The minimum Gasteiger partial charge on any atom is -0.492 e. The highest BCUT2D eigenvalue weighted by Gasteiger charge is 2.22. The van der Waals surface area contributed by atoms with Gasteiger partial charge in [0.2, 0.25) is 0 Å². The van der Waals surface area contributed by atoms with E-state index in [4.69, 9.17) is 4.74 Å². The molecule has 0 unspecified atom stereocenters. The molecule has 0 aliphatic rings. The molecule has 0 heterocycles. The number of para-hydroxylation sites is 2. The summed E-state index contributed by atoms with van der Waals surface area (Å²) in [6.45, 7) is 0.601. The number of aliphatic carboxylic acids is 1. The Bertz CT molecular complexity index is 1690. The SMILES string of the molecule is O=C(c1ccccc1)c1ccccc1N[C@@H](Cc1ccc(OCCN(C(=O)c2ccccc2)c2ccccc2)cc1)C(=O)O. The number of hydrogen-bond acceptors (Lipinski definition) is 5. The minimum absolute atomic E-state index is 0.116. The van der Waals surface area contributed by atoms with Gasteiger partial charge in [-0.25, -0.2) is 4.79 Å². The second-order valence-electron chi connectivity index (χ2n) is 10.1. The molecule has 5 rings (SSSR count). The van der Waals surface area contributed by atoms with Crippen molar-refractivity contribution in [2.45, 2.75) is 12.5 Å². The van der Waals surface area contributed by atoms with Crippen molar-refractivity contribution >= 4 is 29.0 Å². The standard InChI is InChI=1S/C37H32N2O5/c40-35(28-12-4-1-5-13-28)32-18-10-11-19-33(32)38-34(37(42)43)26-27-20-22-31(23-21-27)44-25-24-39(30-16-8-3-9-17-30)36(41)29-14-6-2-7-15-29/h1-23,34,38H,24-26H2,(H,42,43)/t34-/m0/s1. The zero-order chi connectivity index (χ0) is 30.7. The average Bonchev–Trinajstić information content (AvgIpc) is 3.08. The van der Waals surface area contributed by atoms with Crippen LogP contribution in [0, 0.1) is 0 Å². The van der Waals surface area contributed by atoms with Gasteiger partial charge >= 0.3 is 5.97 Å². The summed E-state index contributed by atoms with van der Waals surface area (Å²) >= 11 is 0. The fourth-order valence-corrected chi connectivity index (χ4v) is 4.84. The molecule has 0 spiro atoms. The summed E-state index contributed by atoms with van der Waals surface area (Å²) < 4.78 is 5.97. The van der Waals surface area contributed by atoms with Gasteiger partial charge in [-0.15, -0.1) is 0 Å². The van der Waals surface area contributed by atoms with E-state index in [9.17, 15) is 19.5 Å². The number of carboxylic acid groups (broad SMARTS) is 1. The molecule has 0 saturated heterocycles. The minimum atomic E-state index is -1.03. The van der Waals surface area contributed by atoms with Gasteiger partial charge in [-0.3, -0.25) is 9.59 Å². The number of carboxylic acids is 1. The van der Waals surface area contributed by atoms with Crippen LogP contribution in [-0.2, 0) is 11.2 Å². The summed E-state index contributed by atoms with van der Waals surface area (Å²) in [5.74, 6) is -0.727. The largest absolute Gasteiger partial charge is 0.492 e. The van der Waals surface area contributed by atoms with Gasteiger partial charge in [0, 0.05) is 34.5 Å². The first-order valence-electron chi connectivity index (χ1n) is 14.3. The van der Waals surface area contributed by atoms with E-state index >= 15 is 0 Å². The number of carbonyl (C=O) groups excluding carboxylic acids is 2. The smallest absolute Gasteiger partial charge is 0.326 e. The molecule has 1 atom stereocenters. The summed E-state index contributed by atoms with van der Waals surface area (Å²) in [7, 11) is 0. The van der Waals surface area contributed by atoms with Gasteiger partial charge in [0.05, 0.1) is 6.54 Å². The summed E-state index contributed by atoms with van der Waals surface area (Å²) in [5, 5.41) is 13.0. The maximum Gasteiger partial charge on any atom is 0.326 e. The molecule has 2 N–H and O–H groups in total. The van der Waals surface area contributed by atoms with Gasteiger partial charge in [0.25, 0.3) is 5.91 Å². The molecule has 7 heteroatoms. The van der Waals surface area contributed by atoms with E-state index in [1.807, 2.05) is 66.7 Å². The maximum absolute atomic E-state index is 13.2. The van der Waals surface area contributed by atoms with Crippen LogP contribution in [-0.4, -0.2) is 42.0 Å². The fourth-order valence-electron chi connectivity index (χ4n) is 4.84. The second kappa shape index (κ2) is 14.5. The number of rotatable bonds is 13. The summed E-state index contributed by atoms with van der Waals surface area (Å²) in [4.78, 5) is 40.2. The Morgan fingerprint density at radius 1 is 0.682 bits per heavy atom. The highest BCUT2D eigenvalue weighted by Crippen LogP contribution is 2.22. The van der Waals surface area contributed by atoms with Crippen LogP contribution < -0.4 is 15.0 Å². The van der Waals surface area contributed by atoms with E-state index in [1.165, 1.54) is 0 Å². The zero-order valence-corrected chi connectivity index (χ0v) is 24.0. The third kappa shape index (κ3) is 7.57. The number of ketones is 1. The molecule has 5 aromatic carbocycles. The Hall–Kier alpha value is -5.69. The molecule has 44 heavy (non-hydrogen) atoms. The molecule has 220 valence electrons. The van der Waals surface area contributed by atoms with Crippen molar-refractivity contribution in [1.29, 1.82) is 0 Å². The van der Waals surface area contributed by atoms with Crippen LogP contribution in [0.5, 0.6) is 5.75 Å². The lowest BCUT2D eigenvalue weighted by Crippen LogP contribution is -2.34. The lowest BCUT2D eigenvalue weighted by Gasteiger charge is -2.23.